The van der Waals surface area contributed by atoms with Crippen LogP contribution in [0.1, 0.15) is 0 Å². The number of fused-ring (bicyclic) bond motifs is 1. The van der Waals surface area contributed by atoms with Gasteiger partial charge in [-0.1, -0.05) is 30.3 Å². The predicted molar refractivity (Wildman–Crippen MR) is 80.4 cm³/mol. The van der Waals surface area contributed by atoms with Crippen molar-refractivity contribution in [3.63, 3.8) is 0 Å². The summed E-state index contributed by atoms with van der Waals surface area (Å²) in [6.07, 6.45) is 0.775. The van der Waals surface area contributed by atoms with Gasteiger partial charge in [0.05, 0.1) is 24.9 Å². The third-order valence-corrected chi connectivity index (χ3v) is 4.07. The fraction of sp³-hybridized carbons (Fsp3) is 0.375. The molecule has 0 bridgehead atoms. The topological polar surface area (TPSA) is 76.5 Å². The molecule has 2 aliphatic heterocycles. The normalized spacial score (nSPS) is 30.2. The highest BCUT2D eigenvalue weighted by Gasteiger charge is 2.47. The molecule has 2 N–H and O–H groups in total. The molecule has 0 aliphatic carbocycles. The second-order valence-corrected chi connectivity index (χ2v) is 5.55. The van der Waals surface area contributed by atoms with Crippen LogP contribution in [0.15, 0.2) is 42.6 Å². The molecule has 0 radical (unpaired) electrons. The van der Waals surface area contributed by atoms with Crippen molar-refractivity contribution in [3.8, 4) is 11.3 Å². The van der Waals surface area contributed by atoms with E-state index in [1.807, 2.05) is 36.4 Å². The van der Waals surface area contributed by atoms with Gasteiger partial charge in [-0.05, 0) is 6.07 Å². The number of anilines is 1. The molecule has 4 atom stereocenters. The van der Waals surface area contributed by atoms with E-state index in [0.29, 0.717) is 19.2 Å². The van der Waals surface area contributed by atoms with Crippen molar-refractivity contribution < 1.29 is 14.6 Å². The third-order valence-electron chi connectivity index (χ3n) is 4.07. The van der Waals surface area contributed by atoms with Crippen molar-refractivity contribution in [2.75, 3.05) is 18.5 Å². The van der Waals surface area contributed by atoms with Crippen LogP contribution >= 0.6 is 0 Å². The Morgan fingerprint density at radius 2 is 1.86 bits per heavy atom. The Kier molecular flexibility index (Phi) is 3.49. The average Bonchev–Trinajstić information content (AvgIpc) is 3.13. The predicted octanol–water partition coefficient (Wildman–Crippen LogP) is 1.08. The molecule has 2 aliphatic rings. The van der Waals surface area contributed by atoms with Gasteiger partial charge in [0.25, 0.3) is 0 Å². The van der Waals surface area contributed by atoms with E-state index in [0.717, 1.165) is 11.3 Å². The Morgan fingerprint density at radius 1 is 1.05 bits per heavy atom. The number of nitrogens with zero attached hydrogens (tertiary/aromatic N) is 2. The number of hydrogen-bond acceptors (Lipinski definition) is 6. The standard InChI is InChI=1S/C16H17N3O3/c20-13-9-22-14-12(8-21-15(13)14)19-16-17-7-6-11(18-16)10-4-2-1-3-5-10/h1-7,12-15,20H,8-9H2,(H,17,18,19)/t12-,13+,14+,15+/m0/s1. The third kappa shape index (κ3) is 2.45. The number of ether oxygens (including phenoxy) is 2. The van der Waals surface area contributed by atoms with Gasteiger partial charge in [0.2, 0.25) is 5.95 Å². The van der Waals surface area contributed by atoms with Crippen LogP contribution in [0.4, 0.5) is 5.95 Å². The smallest absolute Gasteiger partial charge is 0.223 e. The highest BCUT2D eigenvalue weighted by molar-refractivity contribution is 5.59. The van der Waals surface area contributed by atoms with Crippen molar-refractivity contribution in [2.24, 2.45) is 0 Å². The zero-order chi connectivity index (χ0) is 14.9. The molecule has 1 aromatic heterocycles. The number of nitrogens with one attached hydrogen (secondary N) is 1. The number of rotatable bonds is 3. The molecule has 114 valence electrons. The first-order valence-electron chi connectivity index (χ1n) is 7.37. The molecular formula is C16H17N3O3. The van der Waals surface area contributed by atoms with Crippen molar-refractivity contribution in [2.45, 2.75) is 24.4 Å². The van der Waals surface area contributed by atoms with Crippen LogP contribution in [-0.2, 0) is 9.47 Å². The summed E-state index contributed by atoms with van der Waals surface area (Å²) >= 11 is 0. The van der Waals surface area contributed by atoms with Crippen LogP contribution in [0.5, 0.6) is 0 Å². The minimum absolute atomic E-state index is 0.0480. The maximum Gasteiger partial charge on any atom is 0.223 e. The average molecular weight is 299 g/mol. The Hall–Kier alpha value is -2.02. The number of hydrogen-bond donors (Lipinski definition) is 2. The number of aromatic nitrogens is 2. The molecule has 6 heteroatoms. The lowest BCUT2D eigenvalue weighted by Gasteiger charge is -2.17. The van der Waals surface area contributed by atoms with E-state index in [2.05, 4.69) is 15.3 Å². The van der Waals surface area contributed by atoms with E-state index in [-0.39, 0.29) is 18.2 Å². The maximum absolute atomic E-state index is 9.77. The summed E-state index contributed by atoms with van der Waals surface area (Å²) in [6.45, 7) is 0.795. The highest BCUT2D eigenvalue weighted by Crippen LogP contribution is 2.28. The minimum atomic E-state index is -0.548. The molecular weight excluding hydrogens is 282 g/mol. The monoisotopic (exact) mass is 299 g/mol. The van der Waals surface area contributed by atoms with Crippen molar-refractivity contribution in [3.05, 3.63) is 42.6 Å². The highest BCUT2D eigenvalue weighted by atomic mass is 16.6. The minimum Gasteiger partial charge on any atom is -0.388 e. The first-order valence-corrected chi connectivity index (χ1v) is 7.37. The van der Waals surface area contributed by atoms with Crippen molar-refractivity contribution in [1.82, 2.24) is 9.97 Å². The molecule has 2 aromatic rings. The van der Waals surface area contributed by atoms with Gasteiger partial charge in [0.1, 0.15) is 18.3 Å². The molecule has 0 spiro atoms. The van der Waals surface area contributed by atoms with Crippen LogP contribution in [0.25, 0.3) is 11.3 Å². The van der Waals surface area contributed by atoms with Gasteiger partial charge < -0.3 is 19.9 Å². The largest absolute Gasteiger partial charge is 0.388 e. The van der Waals surface area contributed by atoms with Crippen LogP contribution in [-0.4, -0.2) is 52.6 Å². The van der Waals surface area contributed by atoms with E-state index < -0.39 is 6.10 Å². The summed E-state index contributed by atoms with van der Waals surface area (Å²) in [5, 5.41) is 13.0. The van der Waals surface area contributed by atoms with Gasteiger partial charge in [-0.15, -0.1) is 0 Å². The van der Waals surface area contributed by atoms with Crippen molar-refractivity contribution in [1.29, 1.82) is 0 Å². The molecule has 4 rings (SSSR count). The van der Waals surface area contributed by atoms with Crippen LogP contribution < -0.4 is 5.32 Å². The number of aliphatic hydroxyl groups excluding tert-OH is 1. The fourth-order valence-electron chi connectivity index (χ4n) is 2.97. The quantitative estimate of drug-likeness (QED) is 0.883. The first-order chi connectivity index (χ1) is 10.8. The molecule has 0 unspecified atom stereocenters. The Bertz CT molecular complexity index is 652. The van der Waals surface area contributed by atoms with Crippen LogP contribution in [0, 0.1) is 0 Å². The molecule has 3 heterocycles. The van der Waals surface area contributed by atoms with E-state index in [9.17, 15) is 5.11 Å². The Balaban J connectivity index is 1.52. The molecule has 1 aromatic carbocycles. The second-order valence-electron chi connectivity index (χ2n) is 5.55. The molecule has 0 saturated carbocycles. The number of benzene rings is 1. The van der Waals surface area contributed by atoms with E-state index in [4.69, 9.17) is 9.47 Å². The summed E-state index contributed by atoms with van der Waals surface area (Å²) in [5.41, 5.74) is 1.90. The van der Waals surface area contributed by atoms with E-state index >= 15 is 0 Å². The summed E-state index contributed by atoms with van der Waals surface area (Å²) in [4.78, 5) is 8.81. The molecule has 6 nitrogen and oxygen atoms in total. The SMILES string of the molecule is O[C@@H]1CO[C@H]2[C@@H]1OC[C@@H]2Nc1nccc(-c2ccccc2)n1. The van der Waals surface area contributed by atoms with Gasteiger partial charge in [-0.2, -0.15) is 0 Å². The number of aliphatic hydroxyl groups is 1. The Morgan fingerprint density at radius 3 is 2.73 bits per heavy atom. The maximum atomic E-state index is 9.77. The van der Waals surface area contributed by atoms with E-state index in [1.165, 1.54) is 0 Å². The second kappa shape index (κ2) is 5.64. The molecule has 0 amide bonds. The van der Waals surface area contributed by atoms with Crippen LogP contribution in [0.3, 0.4) is 0 Å². The summed E-state index contributed by atoms with van der Waals surface area (Å²) in [7, 11) is 0. The summed E-state index contributed by atoms with van der Waals surface area (Å²) in [6, 6.07) is 11.8. The Labute approximate surface area is 128 Å². The fourth-order valence-corrected chi connectivity index (χ4v) is 2.97. The zero-order valence-corrected chi connectivity index (χ0v) is 11.9. The van der Waals surface area contributed by atoms with Crippen LogP contribution in [0.2, 0.25) is 0 Å². The van der Waals surface area contributed by atoms with Gasteiger partial charge in [0.15, 0.2) is 0 Å². The summed E-state index contributed by atoms with van der Waals surface area (Å²) in [5.74, 6) is 0.542. The van der Waals surface area contributed by atoms with E-state index in [1.54, 1.807) is 6.20 Å². The molecule has 2 fully saturated rings. The molecule has 22 heavy (non-hydrogen) atoms. The summed E-state index contributed by atoms with van der Waals surface area (Å²) < 4.78 is 11.2. The lowest BCUT2D eigenvalue weighted by molar-refractivity contribution is 0.0184. The van der Waals surface area contributed by atoms with Gasteiger partial charge in [-0.25, -0.2) is 9.97 Å². The zero-order valence-electron chi connectivity index (χ0n) is 11.9. The lowest BCUT2D eigenvalue weighted by Crippen LogP contribution is -2.36. The molecule has 2 saturated heterocycles. The first kappa shape index (κ1) is 13.6. The van der Waals surface area contributed by atoms with Gasteiger partial charge in [-0.3, -0.25) is 0 Å². The van der Waals surface area contributed by atoms with Gasteiger partial charge in [0, 0.05) is 11.8 Å². The van der Waals surface area contributed by atoms with Crippen molar-refractivity contribution >= 4 is 5.95 Å². The lowest BCUT2D eigenvalue weighted by atomic mass is 10.1. The van der Waals surface area contributed by atoms with Gasteiger partial charge >= 0.3 is 0 Å².